The fourth-order valence-corrected chi connectivity index (χ4v) is 1.99. The van der Waals surface area contributed by atoms with Crippen molar-refractivity contribution in [1.82, 2.24) is 20.2 Å². The van der Waals surface area contributed by atoms with Crippen LogP contribution in [0.2, 0.25) is 0 Å². The first-order chi connectivity index (χ1) is 8.15. The second-order valence-corrected chi connectivity index (χ2v) is 4.16. The SMILES string of the molecule is CON(C)C(=O)c1nn2c(c1C)CNCCC2. The lowest BCUT2D eigenvalue weighted by molar-refractivity contribution is -0.0761. The molecule has 0 saturated heterocycles. The third-order valence-electron chi connectivity index (χ3n) is 3.10. The van der Waals surface area contributed by atoms with Gasteiger partial charge in [0.1, 0.15) is 0 Å². The summed E-state index contributed by atoms with van der Waals surface area (Å²) in [7, 11) is 3.06. The molecule has 0 atom stereocenters. The highest BCUT2D eigenvalue weighted by atomic mass is 16.7. The smallest absolute Gasteiger partial charge is 0.297 e. The lowest BCUT2D eigenvalue weighted by Gasteiger charge is -2.12. The molecule has 1 amide bonds. The molecule has 1 aromatic heterocycles. The van der Waals surface area contributed by atoms with E-state index >= 15 is 0 Å². The van der Waals surface area contributed by atoms with Crippen molar-refractivity contribution < 1.29 is 9.63 Å². The van der Waals surface area contributed by atoms with E-state index in [2.05, 4.69) is 10.4 Å². The molecule has 0 spiro atoms. The van der Waals surface area contributed by atoms with E-state index in [1.807, 2.05) is 11.6 Å². The lowest BCUT2D eigenvalue weighted by Crippen LogP contribution is -2.26. The second-order valence-electron chi connectivity index (χ2n) is 4.16. The highest BCUT2D eigenvalue weighted by Crippen LogP contribution is 2.17. The molecule has 0 bridgehead atoms. The number of carbonyl (C=O) groups is 1. The number of rotatable bonds is 2. The molecule has 0 fully saturated rings. The summed E-state index contributed by atoms with van der Waals surface area (Å²) < 4.78 is 1.92. The maximum absolute atomic E-state index is 12.0. The molecule has 0 aromatic carbocycles. The molecule has 0 saturated carbocycles. The first-order valence-electron chi connectivity index (χ1n) is 5.74. The Kier molecular flexibility index (Phi) is 3.44. The maximum Gasteiger partial charge on any atom is 0.297 e. The number of nitrogens with zero attached hydrogens (tertiary/aromatic N) is 3. The zero-order chi connectivity index (χ0) is 12.4. The molecule has 1 aromatic rings. The van der Waals surface area contributed by atoms with Gasteiger partial charge in [-0.3, -0.25) is 14.3 Å². The number of aromatic nitrogens is 2. The average molecular weight is 238 g/mol. The van der Waals surface area contributed by atoms with Gasteiger partial charge < -0.3 is 5.32 Å². The van der Waals surface area contributed by atoms with Gasteiger partial charge in [0.2, 0.25) is 0 Å². The van der Waals surface area contributed by atoms with Crippen LogP contribution in [0, 0.1) is 6.92 Å². The largest absolute Gasteiger partial charge is 0.311 e. The van der Waals surface area contributed by atoms with Gasteiger partial charge in [-0.15, -0.1) is 0 Å². The Morgan fingerprint density at radius 2 is 2.35 bits per heavy atom. The van der Waals surface area contributed by atoms with Gasteiger partial charge in [0.05, 0.1) is 12.8 Å². The average Bonchev–Trinajstić information content (AvgIpc) is 2.55. The van der Waals surface area contributed by atoms with Crippen LogP contribution in [-0.2, 0) is 17.9 Å². The van der Waals surface area contributed by atoms with Crippen LogP contribution in [0.3, 0.4) is 0 Å². The summed E-state index contributed by atoms with van der Waals surface area (Å²) in [6, 6.07) is 0. The Bertz CT molecular complexity index is 427. The summed E-state index contributed by atoms with van der Waals surface area (Å²) in [5.41, 5.74) is 2.51. The van der Waals surface area contributed by atoms with Crippen molar-refractivity contribution in [3.63, 3.8) is 0 Å². The van der Waals surface area contributed by atoms with Crippen LogP contribution in [0.5, 0.6) is 0 Å². The van der Waals surface area contributed by atoms with Crippen molar-refractivity contribution in [2.75, 3.05) is 20.7 Å². The first kappa shape index (κ1) is 12.1. The standard InChI is InChI=1S/C11H18N4O2/c1-8-9-7-12-5-4-6-15(9)13-10(8)11(16)14(2)17-3/h12H,4-7H2,1-3H3. The Balaban J connectivity index is 2.34. The van der Waals surface area contributed by atoms with E-state index in [0.717, 1.165) is 37.3 Å². The van der Waals surface area contributed by atoms with Gasteiger partial charge in [-0.05, 0) is 19.9 Å². The summed E-state index contributed by atoms with van der Waals surface area (Å²) in [6.07, 6.45) is 1.03. The van der Waals surface area contributed by atoms with Gasteiger partial charge in [-0.2, -0.15) is 5.10 Å². The summed E-state index contributed by atoms with van der Waals surface area (Å²) in [5.74, 6) is -0.203. The molecule has 1 aliphatic heterocycles. The Hall–Kier alpha value is -1.40. The minimum Gasteiger partial charge on any atom is -0.311 e. The number of aryl methyl sites for hydroxylation is 1. The minimum atomic E-state index is -0.203. The molecular weight excluding hydrogens is 220 g/mol. The molecule has 94 valence electrons. The van der Waals surface area contributed by atoms with Crippen molar-refractivity contribution >= 4 is 5.91 Å². The molecule has 1 N–H and O–H groups in total. The van der Waals surface area contributed by atoms with Crippen LogP contribution >= 0.6 is 0 Å². The highest BCUT2D eigenvalue weighted by molar-refractivity contribution is 5.93. The van der Waals surface area contributed by atoms with Crippen molar-refractivity contribution in [3.05, 3.63) is 17.0 Å². The van der Waals surface area contributed by atoms with E-state index in [-0.39, 0.29) is 5.91 Å². The fourth-order valence-electron chi connectivity index (χ4n) is 1.99. The Morgan fingerprint density at radius 1 is 1.59 bits per heavy atom. The summed E-state index contributed by atoms with van der Waals surface area (Å²) in [5, 5.41) is 8.90. The second kappa shape index (κ2) is 4.85. The lowest BCUT2D eigenvalue weighted by atomic mass is 10.2. The maximum atomic E-state index is 12.0. The van der Waals surface area contributed by atoms with E-state index in [1.54, 1.807) is 7.05 Å². The van der Waals surface area contributed by atoms with E-state index in [0.29, 0.717) is 5.69 Å². The fraction of sp³-hybridized carbons (Fsp3) is 0.636. The Labute approximate surface area is 100 Å². The molecule has 0 unspecified atom stereocenters. The van der Waals surface area contributed by atoms with Crippen LogP contribution in [0.15, 0.2) is 0 Å². The third-order valence-corrected chi connectivity index (χ3v) is 3.10. The number of fused-ring (bicyclic) bond motifs is 1. The molecule has 6 nitrogen and oxygen atoms in total. The molecule has 0 aliphatic carbocycles. The van der Waals surface area contributed by atoms with Crippen LogP contribution in [0.1, 0.15) is 28.2 Å². The van der Waals surface area contributed by atoms with Crippen LogP contribution in [0.4, 0.5) is 0 Å². The third kappa shape index (κ3) is 2.18. The molecule has 1 aliphatic rings. The minimum absolute atomic E-state index is 0.203. The summed E-state index contributed by atoms with van der Waals surface area (Å²) in [4.78, 5) is 16.9. The van der Waals surface area contributed by atoms with Crippen LogP contribution < -0.4 is 5.32 Å². The number of hydrogen-bond donors (Lipinski definition) is 1. The van der Waals surface area contributed by atoms with Crippen molar-refractivity contribution in [3.8, 4) is 0 Å². The van der Waals surface area contributed by atoms with Gasteiger partial charge in [-0.1, -0.05) is 0 Å². The predicted octanol–water partition coefficient (Wildman–Crippen LogP) is 0.318. The number of hydrogen-bond acceptors (Lipinski definition) is 4. The van der Waals surface area contributed by atoms with Gasteiger partial charge in [0.25, 0.3) is 5.91 Å². The number of carbonyl (C=O) groups excluding carboxylic acids is 1. The van der Waals surface area contributed by atoms with E-state index in [1.165, 1.54) is 12.2 Å². The zero-order valence-corrected chi connectivity index (χ0v) is 10.5. The monoisotopic (exact) mass is 238 g/mol. The topological polar surface area (TPSA) is 59.4 Å². The number of amides is 1. The van der Waals surface area contributed by atoms with Crippen molar-refractivity contribution in [2.24, 2.45) is 0 Å². The van der Waals surface area contributed by atoms with Gasteiger partial charge >= 0.3 is 0 Å². The van der Waals surface area contributed by atoms with Crippen molar-refractivity contribution in [2.45, 2.75) is 26.4 Å². The summed E-state index contributed by atoms with van der Waals surface area (Å²) >= 11 is 0. The van der Waals surface area contributed by atoms with Gasteiger partial charge in [0, 0.05) is 25.7 Å². The zero-order valence-electron chi connectivity index (χ0n) is 10.5. The predicted molar refractivity (Wildman–Crippen MR) is 62.4 cm³/mol. The number of nitrogens with one attached hydrogen (secondary N) is 1. The van der Waals surface area contributed by atoms with Gasteiger partial charge in [-0.25, -0.2) is 5.06 Å². The van der Waals surface area contributed by atoms with Crippen molar-refractivity contribution in [1.29, 1.82) is 0 Å². The highest BCUT2D eigenvalue weighted by Gasteiger charge is 2.23. The molecule has 2 rings (SSSR count). The normalized spacial score (nSPS) is 15.2. The molecule has 17 heavy (non-hydrogen) atoms. The Morgan fingerprint density at radius 3 is 3.06 bits per heavy atom. The van der Waals surface area contributed by atoms with Crippen LogP contribution in [0.25, 0.3) is 0 Å². The van der Waals surface area contributed by atoms with Gasteiger partial charge in [0.15, 0.2) is 5.69 Å². The van der Waals surface area contributed by atoms with Crippen LogP contribution in [-0.4, -0.2) is 41.5 Å². The molecule has 0 radical (unpaired) electrons. The summed E-state index contributed by atoms with van der Waals surface area (Å²) in [6.45, 7) is 4.54. The number of hydroxylamine groups is 2. The van der Waals surface area contributed by atoms with E-state index in [4.69, 9.17) is 4.84 Å². The van der Waals surface area contributed by atoms with E-state index < -0.39 is 0 Å². The molecular formula is C11H18N4O2. The molecule has 2 heterocycles. The first-order valence-corrected chi connectivity index (χ1v) is 5.74. The van der Waals surface area contributed by atoms with E-state index in [9.17, 15) is 4.79 Å². The molecule has 6 heteroatoms. The quantitative estimate of drug-likeness (QED) is 0.754.